The summed E-state index contributed by atoms with van der Waals surface area (Å²) in [6, 6.07) is 2.38. The maximum atomic E-state index is 5.47. The smallest absolute Gasteiger partial charge is 0.225 e. The fourth-order valence-corrected chi connectivity index (χ4v) is 3.96. The van der Waals surface area contributed by atoms with Crippen LogP contribution in [0.1, 0.15) is 30.9 Å². The highest BCUT2D eigenvalue weighted by Crippen LogP contribution is 2.27. The highest BCUT2D eigenvalue weighted by atomic mass is 16.5. The summed E-state index contributed by atoms with van der Waals surface area (Å²) < 4.78 is 7.50. The van der Waals surface area contributed by atoms with Gasteiger partial charge in [0.25, 0.3) is 0 Å². The minimum atomic E-state index is 0.329. The van der Waals surface area contributed by atoms with Crippen molar-refractivity contribution in [3.63, 3.8) is 0 Å². The van der Waals surface area contributed by atoms with Crippen LogP contribution in [0.15, 0.2) is 37.1 Å². The predicted molar refractivity (Wildman–Crippen MR) is 102 cm³/mol. The average molecular weight is 365 g/mol. The molecule has 0 spiro atoms. The van der Waals surface area contributed by atoms with E-state index in [1.807, 2.05) is 23.0 Å². The number of nitrogens with zero attached hydrogens (tertiary/aromatic N) is 6. The average Bonchev–Trinajstić information content (AvgIpc) is 3.39. The van der Waals surface area contributed by atoms with Crippen molar-refractivity contribution in [1.29, 1.82) is 0 Å². The van der Waals surface area contributed by atoms with E-state index in [0.717, 1.165) is 68.7 Å². The summed E-state index contributed by atoms with van der Waals surface area (Å²) in [5.74, 6) is 2.29. The molecule has 1 unspecified atom stereocenters. The third-order valence-electron chi connectivity index (χ3n) is 5.44. The molecule has 0 amide bonds. The van der Waals surface area contributed by atoms with Gasteiger partial charge in [-0.1, -0.05) is 0 Å². The lowest BCUT2D eigenvalue weighted by atomic mass is 9.96. The van der Waals surface area contributed by atoms with Gasteiger partial charge in [-0.2, -0.15) is 0 Å². The van der Waals surface area contributed by atoms with Crippen molar-refractivity contribution in [2.75, 3.05) is 36.5 Å². The van der Waals surface area contributed by atoms with Gasteiger partial charge in [0.15, 0.2) is 5.65 Å². The van der Waals surface area contributed by atoms with Gasteiger partial charge in [-0.3, -0.25) is 9.38 Å². The number of nitrogens with one attached hydrogen (secondary N) is 1. The molecule has 0 bridgehead atoms. The number of aromatic nitrogens is 5. The van der Waals surface area contributed by atoms with Gasteiger partial charge in [-0.25, -0.2) is 15.0 Å². The van der Waals surface area contributed by atoms with Crippen molar-refractivity contribution < 1.29 is 4.74 Å². The lowest BCUT2D eigenvalue weighted by Crippen LogP contribution is -2.28. The molecule has 8 nitrogen and oxygen atoms in total. The van der Waals surface area contributed by atoms with E-state index < -0.39 is 0 Å². The third-order valence-corrected chi connectivity index (χ3v) is 5.44. The molecule has 0 saturated carbocycles. The van der Waals surface area contributed by atoms with E-state index in [1.165, 1.54) is 0 Å². The first kappa shape index (κ1) is 16.4. The molecule has 2 aliphatic heterocycles. The second-order valence-corrected chi connectivity index (χ2v) is 7.19. The summed E-state index contributed by atoms with van der Waals surface area (Å²) in [5, 5.41) is 3.59. The quantitative estimate of drug-likeness (QED) is 0.758. The van der Waals surface area contributed by atoms with Crippen LogP contribution in [0.5, 0.6) is 0 Å². The summed E-state index contributed by atoms with van der Waals surface area (Å²) in [6.45, 7) is 3.48. The fraction of sp³-hybridized carbons (Fsp3) is 0.474. The van der Waals surface area contributed by atoms with Crippen LogP contribution in [-0.4, -0.2) is 56.7 Å². The number of fused-ring (bicyclic) bond motifs is 1. The van der Waals surface area contributed by atoms with Crippen LogP contribution in [0.2, 0.25) is 0 Å². The summed E-state index contributed by atoms with van der Waals surface area (Å²) in [5.41, 5.74) is 1.99. The van der Waals surface area contributed by atoms with Gasteiger partial charge < -0.3 is 15.0 Å². The number of rotatable bonds is 4. The molecule has 27 heavy (non-hydrogen) atoms. The Balaban J connectivity index is 1.29. The highest BCUT2D eigenvalue weighted by Gasteiger charge is 2.26. The molecular weight excluding hydrogens is 342 g/mol. The zero-order valence-corrected chi connectivity index (χ0v) is 15.2. The van der Waals surface area contributed by atoms with Crippen LogP contribution in [-0.2, 0) is 4.74 Å². The van der Waals surface area contributed by atoms with E-state index in [2.05, 4.69) is 31.2 Å². The zero-order valence-electron chi connectivity index (χ0n) is 15.2. The van der Waals surface area contributed by atoms with E-state index >= 15 is 0 Å². The second kappa shape index (κ2) is 7.11. The lowest BCUT2D eigenvalue weighted by molar-refractivity contribution is 0.0845. The molecule has 140 valence electrons. The molecule has 0 radical (unpaired) electrons. The summed E-state index contributed by atoms with van der Waals surface area (Å²) in [7, 11) is 0. The third kappa shape index (κ3) is 3.32. The normalized spacial score (nSPS) is 21.0. The second-order valence-electron chi connectivity index (χ2n) is 7.19. The van der Waals surface area contributed by atoms with Gasteiger partial charge >= 0.3 is 0 Å². The SMILES string of the molecule is c1cc(C2CCOCC2)nc(N2CCC(Nc3cncc4nccn34)C2)n1. The number of hydrogen-bond acceptors (Lipinski definition) is 7. The van der Waals surface area contributed by atoms with Gasteiger partial charge in [0.2, 0.25) is 5.95 Å². The molecule has 5 rings (SSSR count). The van der Waals surface area contributed by atoms with Crippen molar-refractivity contribution >= 4 is 17.4 Å². The van der Waals surface area contributed by atoms with Crippen molar-refractivity contribution in [2.45, 2.75) is 31.2 Å². The highest BCUT2D eigenvalue weighted by molar-refractivity contribution is 5.48. The van der Waals surface area contributed by atoms with E-state index in [9.17, 15) is 0 Å². The predicted octanol–water partition coefficient (Wildman–Crippen LogP) is 2.10. The molecule has 2 aliphatic rings. The molecule has 2 fully saturated rings. The minimum Gasteiger partial charge on any atom is -0.381 e. The van der Waals surface area contributed by atoms with Gasteiger partial charge in [0.05, 0.1) is 12.4 Å². The molecule has 1 N–H and O–H groups in total. The van der Waals surface area contributed by atoms with Crippen molar-refractivity contribution in [3.05, 3.63) is 42.7 Å². The summed E-state index contributed by atoms with van der Waals surface area (Å²) >= 11 is 0. The Morgan fingerprint density at radius 1 is 1.07 bits per heavy atom. The largest absolute Gasteiger partial charge is 0.381 e. The molecular formula is C19H23N7O. The van der Waals surface area contributed by atoms with Crippen molar-refractivity contribution in [3.8, 4) is 0 Å². The Hall–Kier alpha value is -2.74. The van der Waals surface area contributed by atoms with E-state index in [0.29, 0.717) is 12.0 Å². The Kier molecular flexibility index (Phi) is 4.33. The number of hydrogen-bond donors (Lipinski definition) is 1. The van der Waals surface area contributed by atoms with Crippen LogP contribution in [0.4, 0.5) is 11.8 Å². The molecule has 3 aromatic rings. The maximum Gasteiger partial charge on any atom is 0.225 e. The lowest BCUT2D eigenvalue weighted by Gasteiger charge is -2.23. The summed E-state index contributed by atoms with van der Waals surface area (Å²) in [4.78, 5) is 20.2. The zero-order chi connectivity index (χ0) is 18.1. The van der Waals surface area contributed by atoms with Crippen LogP contribution >= 0.6 is 0 Å². The molecule has 0 aromatic carbocycles. The summed E-state index contributed by atoms with van der Waals surface area (Å²) in [6.07, 6.45) is 12.4. The molecule has 0 aliphatic carbocycles. The topological polar surface area (TPSA) is 80.5 Å². The van der Waals surface area contributed by atoms with Gasteiger partial charge in [-0.15, -0.1) is 0 Å². The van der Waals surface area contributed by atoms with E-state index in [4.69, 9.17) is 9.72 Å². The molecule has 1 atom stereocenters. The van der Waals surface area contributed by atoms with Crippen LogP contribution in [0.3, 0.4) is 0 Å². The Labute approximate surface area is 157 Å². The number of anilines is 2. The van der Waals surface area contributed by atoms with Crippen molar-refractivity contribution in [1.82, 2.24) is 24.3 Å². The van der Waals surface area contributed by atoms with Crippen LogP contribution < -0.4 is 10.2 Å². The van der Waals surface area contributed by atoms with E-state index in [-0.39, 0.29) is 0 Å². The van der Waals surface area contributed by atoms with Gasteiger partial charge in [0.1, 0.15) is 5.82 Å². The fourth-order valence-electron chi connectivity index (χ4n) is 3.96. The standard InChI is InChI=1S/C19H23N7O/c1-5-22-19(24-16(1)14-3-9-27-10-4-14)25-7-2-15(13-25)23-18-12-20-11-17-21-6-8-26(17)18/h1,5-6,8,11-12,14-15,23H,2-4,7,9-10,13H2. The minimum absolute atomic E-state index is 0.329. The Morgan fingerprint density at radius 2 is 2.00 bits per heavy atom. The van der Waals surface area contributed by atoms with Gasteiger partial charge in [0, 0.05) is 62.5 Å². The number of imidazole rings is 1. The molecule has 8 heteroatoms. The maximum absolute atomic E-state index is 5.47. The van der Waals surface area contributed by atoms with Gasteiger partial charge in [-0.05, 0) is 25.3 Å². The van der Waals surface area contributed by atoms with Crippen molar-refractivity contribution in [2.24, 2.45) is 0 Å². The molecule has 5 heterocycles. The first-order valence-corrected chi connectivity index (χ1v) is 9.56. The molecule has 3 aromatic heterocycles. The van der Waals surface area contributed by atoms with Crippen LogP contribution in [0, 0.1) is 0 Å². The first-order valence-electron chi connectivity index (χ1n) is 9.56. The Morgan fingerprint density at radius 3 is 2.93 bits per heavy atom. The van der Waals surface area contributed by atoms with E-state index in [1.54, 1.807) is 12.4 Å². The van der Waals surface area contributed by atoms with Crippen LogP contribution in [0.25, 0.3) is 5.65 Å². The number of ether oxygens (including phenoxy) is 1. The Bertz CT molecular complexity index is 921. The first-order chi connectivity index (χ1) is 13.4. The monoisotopic (exact) mass is 365 g/mol. The molecule has 2 saturated heterocycles.